The number of nitrogens with zero attached hydrogens (tertiary/aromatic N) is 4. The van der Waals surface area contributed by atoms with Crippen molar-refractivity contribution in [1.29, 1.82) is 0 Å². The fraction of sp³-hybridized carbons (Fsp3) is 0. The molecule has 8 nitrogen and oxygen atoms in total. The zero-order valence-electron chi connectivity index (χ0n) is 35.3. The second kappa shape index (κ2) is 21.6. The predicted molar refractivity (Wildman–Crippen MR) is 263 cm³/mol. The van der Waals surface area contributed by atoms with Gasteiger partial charge in [-0.1, -0.05) is 158 Å². The van der Waals surface area contributed by atoms with E-state index in [-0.39, 0.29) is 12.4 Å². The molecule has 5 N–H and O–H groups in total. The quantitative estimate of drug-likeness (QED) is 0.0907. The maximum absolute atomic E-state index is 4.54. The highest BCUT2D eigenvalue weighted by Gasteiger charge is 2.12. The van der Waals surface area contributed by atoms with Crippen molar-refractivity contribution >= 4 is 46.0 Å². The van der Waals surface area contributed by atoms with Gasteiger partial charge in [0.15, 0.2) is 11.6 Å². The molecule has 316 valence electrons. The Labute approximate surface area is 385 Å². The Kier molecular flexibility index (Phi) is 14.4. The van der Waals surface area contributed by atoms with Crippen LogP contribution in [0.5, 0.6) is 0 Å². The van der Waals surface area contributed by atoms with E-state index in [0.29, 0.717) is 11.6 Å². The first-order valence-corrected chi connectivity index (χ1v) is 21.1. The van der Waals surface area contributed by atoms with Crippen LogP contribution in [0.3, 0.4) is 0 Å². The number of rotatable bonds is 12. The summed E-state index contributed by atoms with van der Waals surface area (Å²) in [5.41, 5.74) is 13.5. The SMILES string of the molecule is [Cl-].c1ccc(-c2ccc(Nc3nccnc3Nc3ccc(-c4ccccc4)cc3)cc2)cc1.c1ccc(-c2ccc(Nc3nccnc3[NH2+]c3ccc(-c4ccccc4)cc3)cc2)cc1. The maximum atomic E-state index is 4.54. The molecule has 0 saturated carbocycles. The van der Waals surface area contributed by atoms with Gasteiger partial charge in [-0.15, -0.1) is 0 Å². The molecule has 0 spiro atoms. The number of halogens is 1. The average molecular weight is 865 g/mol. The number of benzene rings is 8. The Bertz CT molecular complexity index is 2580. The highest BCUT2D eigenvalue weighted by Crippen LogP contribution is 2.29. The Morgan fingerprint density at radius 1 is 0.262 bits per heavy atom. The molecule has 0 aliphatic carbocycles. The summed E-state index contributed by atoms with van der Waals surface area (Å²) in [5.74, 6) is 2.87. The first kappa shape index (κ1) is 43.2. The first-order valence-electron chi connectivity index (χ1n) is 21.1. The molecule has 0 aliphatic rings. The van der Waals surface area contributed by atoms with Crippen LogP contribution >= 0.6 is 0 Å². The molecule has 8 aromatic carbocycles. The van der Waals surface area contributed by atoms with Gasteiger partial charge in [0.1, 0.15) is 5.69 Å². The van der Waals surface area contributed by atoms with E-state index in [1.165, 1.54) is 44.5 Å². The Balaban J connectivity index is 0.000000175. The lowest BCUT2D eigenvalue weighted by molar-refractivity contribution is -0.482. The molecule has 0 unspecified atom stereocenters. The topological polar surface area (TPSA) is 104 Å². The van der Waals surface area contributed by atoms with Crippen LogP contribution in [0.2, 0.25) is 0 Å². The van der Waals surface area contributed by atoms with Crippen LogP contribution in [-0.2, 0) is 0 Å². The Morgan fingerprint density at radius 2 is 0.523 bits per heavy atom. The van der Waals surface area contributed by atoms with E-state index in [2.05, 4.69) is 206 Å². The summed E-state index contributed by atoms with van der Waals surface area (Å²) in [4.78, 5) is 18.0. The predicted octanol–water partition coefficient (Wildman–Crippen LogP) is 10.4. The van der Waals surface area contributed by atoms with Gasteiger partial charge in [0.2, 0.25) is 5.82 Å². The standard InChI is InChI=1S/2C28H22N4.ClH/c2*1-3-7-21(8-4-1)23-11-15-25(16-12-23)31-27-28(30-20-19-29-27)32-26-17-13-24(14-18-26)22-9-5-2-6-10-22;/h2*1-20H,(H,29,31)(H,30,32);1H. The Morgan fingerprint density at radius 3 is 0.862 bits per heavy atom. The molecule has 0 radical (unpaired) electrons. The van der Waals surface area contributed by atoms with Crippen LogP contribution in [0, 0.1) is 0 Å². The molecule has 0 aliphatic heterocycles. The summed E-state index contributed by atoms with van der Waals surface area (Å²) in [6.07, 6.45) is 6.79. The minimum absolute atomic E-state index is 0. The van der Waals surface area contributed by atoms with Gasteiger partial charge in [-0.3, -0.25) is 5.32 Å². The van der Waals surface area contributed by atoms with Crippen LogP contribution in [-0.4, -0.2) is 19.9 Å². The number of quaternary nitrogens is 1. The van der Waals surface area contributed by atoms with Gasteiger partial charge in [-0.2, -0.15) is 4.98 Å². The van der Waals surface area contributed by atoms with E-state index in [1.54, 1.807) is 24.8 Å². The van der Waals surface area contributed by atoms with Gasteiger partial charge >= 0.3 is 0 Å². The molecule has 9 heteroatoms. The lowest BCUT2D eigenvalue weighted by Gasteiger charge is -2.13. The van der Waals surface area contributed by atoms with Crippen molar-refractivity contribution in [2.45, 2.75) is 0 Å². The van der Waals surface area contributed by atoms with E-state index >= 15 is 0 Å². The van der Waals surface area contributed by atoms with E-state index < -0.39 is 0 Å². The molecule has 0 bridgehead atoms. The summed E-state index contributed by atoms with van der Waals surface area (Å²) >= 11 is 0. The number of aromatic nitrogens is 4. The lowest BCUT2D eigenvalue weighted by atomic mass is 10.1. The summed E-state index contributed by atoms with van der Waals surface area (Å²) in [6, 6.07) is 74.8. The molecule has 2 heterocycles. The first-order chi connectivity index (χ1) is 31.7. The molecule has 65 heavy (non-hydrogen) atoms. The van der Waals surface area contributed by atoms with E-state index in [9.17, 15) is 0 Å². The molecule has 10 rings (SSSR count). The molecular weight excluding hydrogens is 820 g/mol. The third-order valence-corrected chi connectivity index (χ3v) is 10.5. The number of hydrogen-bond acceptors (Lipinski definition) is 7. The highest BCUT2D eigenvalue weighted by molar-refractivity contribution is 5.75. The molecule has 2 aromatic heterocycles. The van der Waals surface area contributed by atoms with Crippen LogP contribution in [0.15, 0.2) is 243 Å². The number of nitrogens with one attached hydrogen (secondary N) is 3. The number of nitrogens with two attached hydrogens (primary N) is 1. The molecule has 0 fully saturated rings. The monoisotopic (exact) mass is 864 g/mol. The summed E-state index contributed by atoms with van der Waals surface area (Å²) in [7, 11) is 0. The minimum Gasteiger partial charge on any atom is -1.00 e. The van der Waals surface area contributed by atoms with Crippen molar-refractivity contribution in [3.05, 3.63) is 243 Å². The second-order valence-electron chi connectivity index (χ2n) is 14.9. The van der Waals surface area contributed by atoms with Crippen molar-refractivity contribution < 1.29 is 17.7 Å². The van der Waals surface area contributed by atoms with Gasteiger partial charge in [0.05, 0.1) is 6.20 Å². The smallest absolute Gasteiger partial charge is 0.273 e. The van der Waals surface area contributed by atoms with E-state index in [0.717, 1.165) is 34.4 Å². The van der Waals surface area contributed by atoms with Gasteiger partial charge in [0, 0.05) is 47.8 Å². The third-order valence-electron chi connectivity index (χ3n) is 10.5. The van der Waals surface area contributed by atoms with Crippen LogP contribution in [0.25, 0.3) is 44.5 Å². The molecule has 0 atom stereocenters. The molecule has 10 aromatic rings. The lowest BCUT2D eigenvalue weighted by Crippen LogP contribution is -3.00. The molecular formula is C56H45ClN8. The zero-order chi connectivity index (χ0) is 43.2. The summed E-state index contributed by atoms with van der Waals surface area (Å²) in [5, 5.41) is 12.2. The van der Waals surface area contributed by atoms with Crippen molar-refractivity contribution in [2.75, 3.05) is 16.0 Å². The van der Waals surface area contributed by atoms with Crippen LogP contribution in [0.4, 0.5) is 46.0 Å². The van der Waals surface area contributed by atoms with E-state index in [1.807, 2.05) is 53.8 Å². The van der Waals surface area contributed by atoms with Crippen molar-refractivity contribution in [3.8, 4) is 44.5 Å². The summed E-state index contributed by atoms with van der Waals surface area (Å²) in [6.45, 7) is 0. The largest absolute Gasteiger partial charge is 1.00 e. The van der Waals surface area contributed by atoms with Gasteiger partial charge in [0.25, 0.3) is 5.82 Å². The second-order valence-corrected chi connectivity index (χ2v) is 14.9. The normalized spacial score (nSPS) is 10.4. The van der Waals surface area contributed by atoms with Crippen molar-refractivity contribution in [3.63, 3.8) is 0 Å². The fourth-order valence-corrected chi connectivity index (χ4v) is 7.17. The number of hydrogen-bond donors (Lipinski definition) is 4. The summed E-state index contributed by atoms with van der Waals surface area (Å²) < 4.78 is 0. The average Bonchev–Trinajstić information content (AvgIpc) is 3.37. The third kappa shape index (κ3) is 11.5. The molecule has 0 saturated heterocycles. The fourth-order valence-electron chi connectivity index (χ4n) is 7.17. The maximum Gasteiger partial charge on any atom is 0.273 e. The molecule has 0 amide bonds. The highest BCUT2D eigenvalue weighted by atomic mass is 35.5. The zero-order valence-corrected chi connectivity index (χ0v) is 36.1. The van der Waals surface area contributed by atoms with Crippen molar-refractivity contribution in [2.24, 2.45) is 0 Å². The van der Waals surface area contributed by atoms with Gasteiger partial charge < -0.3 is 28.4 Å². The van der Waals surface area contributed by atoms with Gasteiger partial charge in [-0.25, -0.2) is 15.0 Å². The van der Waals surface area contributed by atoms with Crippen molar-refractivity contribution in [1.82, 2.24) is 19.9 Å². The van der Waals surface area contributed by atoms with E-state index in [4.69, 9.17) is 0 Å². The Hall–Kier alpha value is -8.43. The van der Waals surface area contributed by atoms with Gasteiger partial charge in [-0.05, 0) is 93.0 Å². The minimum atomic E-state index is 0. The van der Waals surface area contributed by atoms with Crippen LogP contribution in [0.1, 0.15) is 0 Å². The number of anilines is 6. The van der Waals surface area contributed by atoms with Crippen LogP contribution < -0.4 is 33.7 Å².